The highest BCUT2D eigenvalue weighted by atomic mass is 19.4. The number of carbonyl (C=O) groups excluding carboxylic acids is 1. The molecular formula is C12H14F3N3O3. The summed E-state index contributed by atoms with van der Waals surface area (Å²) in [5, 5.41) is 4.61. The predicted molar refractivity (Wildman–Crippen MR) is 68.0 cm³/mol. The monoisotopic (exact) mass is 305 g/mol. The van der Waals surface area contributed by atoms with Crippen LogP contribution in [0.5, 0.6) is 0 Å². The number of ether oxygens (including phenoxy) is 1. The molecule has 1 aromatic rings. The van der Waals surface area contributed by atoms with Crippen LogP contribution in [0.4, 0.5) is 23.7 Å². The molecule has 1 unspecified atom stereocenters. The summed E-state index contributed by atoms with van der Waals surface area (Å²) in [5.41, 5.74) is -2.30. The van der Waals surface area contributed by atoms with Crippen LogP contribution in [-0.2, 0) is 10.9 Å². The second kappa shape index (κ2) is 6.17. The largest absolute Gasteiger partial charge is 0.417 e. The third kappa shape index (κ3) is 4.22. The smallest absolute Gasteiger partial charge is 0.381 e. The van der Waals surface area contributed by atoms with Crippen molar-refractivity contribution in [1.82, 2.24) is 10.3 Å². The van der Waals surface area contributed by atoms with Crippen molar-refractivity contribution in [1.29, 1.82) is 0 Å². The Morgan fingerprint density at radius 2 is 2.24 bits per heavy atom. The lowest BCUT2D eigenvalue weighted by molar-refractivity contribution is -0.137. The van der Waals surface area contributed by atoms with E-state index in [2.05, 4.69) is 10.6 Å². The lowest BCUT2D eigenvalue weighted by Gasteiger charge is -2.11. The van der Waals surface area contributed by atoms with E-state index in [0.29, 0.717) is 32.0 Å². The summed E-state index contributed by atoms with van der Waals surface area (Å²) in [6.45, 7) is 1.49. The maximum Gasteiger partial charge on any atom is 0.417 e. The van der Waals surface area contributed by atoms with Crippen molar-refractivity contribution in [3.8, 4) is 0 Å². The van der Waals surface area contributed by atoms with Crippen molar-refractivity contribution in [3.63, 3.8) is 0 Å². The SMILES string of the molecule is O=C(NCC1CCOC1)Nc1cc(C(F)(F)F)c[nH]c1=O. The highest BCUT2D eigenvalue weighted by Crippen LogP contribution is 2.29. The van der Waals surface area contributed by atoms with Crippen LogP contribution in [0.3, 0.4) is 0 Å². The number of alkyl halides is 3. The van der Waals surface area contributed by atoms with E-state index in [-0.39, 0.29) is 5.92 Å². The molecule has 21 heavy (non-hydrogen) atoms. The number of aromatic amines is 1. The normalized spacial score (nSPS) is 18.5. The van der Waals surface area contributed by atoms with Gasteiger partial charge in [-0.25, -0.2) is 4.79 Å². The van der Waals surface area contributed by atoms with E-state index < -0.39 is 29.0 Å². The first-order valence-corrected chi connectivity index (χ1v) is 6.29. The molecule has 3 N–H and O–H groups in total. The van der Waals surface area contributed by atoms with Crippen LogP contribution in [0, 0.1) is 5.92 Å². The molecule has 0 aliphatic carbocycles. The van der Waals surface area contributed by atoms with Gasteiger partial charge in [0.15, 0.2) is 0 Å². The molecule has 1 saturated heterocycles. The van der Waals surface area contributed by atoms with E-state index in [9.17, 15) is 22.8 Å². The zero-order chi connectivity index (χ0) is 15.5. The fourth-order valence-electron chi connectivity index (χ4n) is 1.89. The minimum Gasteiger partial charge on any atom is -0.381 e. The molecule has 2 amide bonds. The van der Waals surface area contributed by atoms with Gasteiger partial charge in [0.2, 0.25) is 0 Å². The van der Waals surface area contributed by atoms with Crippen molar-refractivity contribution in [3.05, 3.63) is 28.2 Å². The van der Waals surface area contributed by atoms with E-state index >= 15 is 0 Å². The number of pyridine rings is 1. The second-order valence-corrected chi connectivity index (χ2v) is 4.69. The van der Waals surface area contributed by atoms with Crippen LogP contribution >= 0.6 is 0 Å². The Morgan fingerprint density at radius 1 is 1.48 bits per heavy atom. The van der Waals surface area contributed by atoms with E-state index in [4.69, 9.17) is 4.74 Å². The zero-order valence-corrected chi connectivity index (χ0v) is 10.9. The topological polar surface area (TPSA) is 83.2 Å². The second-order valence-electron chi connectivity index (χ2n) is 4.69. The van der Waals surface area contributed by atoms with Gasteiger partial charge >= 0.3 is 12.2 Å². The maximum atomic E-state index is 12.5. The fourth-order valence-corrected chi connectivity index (χ4v) is 1.89. The molecule has 2 rings (SSSR count). The lowest BCUT2D eigenvalue weighted by atomic mass is 10.1. The van der Waals surface area contributed by atoms with Gasteiger partial charge in [0.05, 0.1) is 12.2 Å². The first kappa shape index (κ1) is 15.4. The van der Waals surface area contributed by atoms with E-state index in [1.165, 1.54) is 0 Å². The van der Waals surface area contributed by atoms with Gasteiger partial charge < -0.3 is 20.4 Å². The highest BCUT2D eigenvalue weighted by molar-refractivity contribution is 5.89. The van der Waals surface area contributed by atoms with Crippen molar-refractivity contribution < 1.29 is 22.7 Å². The van der Waals surface area contributed by atoms with Crippen LogP contribution < -0.4 is 16.2 Å². The molecule has 1 aliphatic heterocycles. The number of rotatable bonds is 3. The molecule has 116 valence electrons. The molecule has 0 bridgehead atoms. The predicted octanol–water partition coefficient (Wildman–Crippen LogP) is 1.55. The van der Waals surface area contributed by atoms with Crippen LogP contribution in [0.25, 0.3) is 0 Å². The Bertz CT molecular complexity index is 565. The molecule has 1 aromatic heterocycles. The Morgan fingerprint density at radius 3 is 2.86 bits per heavy atom. The van der Waals surface area contributed by atoms with Gasteiger partial charge in [-0.05, 0) is 12.5 Å². The summed E-state index contributed by atoms with van der Waals surface area (Å²) < 4.78 is 42.7. The van der Waals surface area contributed by atoms with E-state index in [1.807, 2.05) is 4.98 Å². The van der Waals surface area contributed by atoms with Gasteiger partial charge in [-0.3, -0.25) is 4.79 Å². The Balaban J connectivity index is 1.97. The summed E-state index contributed by atoms with van der Waals surface area (Å²) in [4.78, 5) is 24.9. The summed E-state index contributed by atoms with van der Waals surface area (Å²) in [5.74, 6) is 0.176. The van der Waals surface area contributed by atoms with Gasteiger partial charge in [0.25, 0.3) is 5.56 Å². The molecule has 2 heterocycles. The van der Waals surface area contributed by atoms with E-state index in [0.717, 1.165) is 6.42 Å². The number of H-pyrrole nitrogens is 1. The molecule has 0 saturated carbocycles. The summed E-state index contributed by atoms with van der Waals surface area (Å²) in [6.07, 6.45) is -3.23. The van der Waals surface area contributed by atoms with Crippen molar-refractivity contribution in [2.24, 2.45) is 5.92 Å². The zero-order valence-electron chi connectivity index (χ0n) is 10.9. The molecule has 1 aliphatic rings. The van der Waals surface area contributed by atoms with Gasteiger partial charge in [0, 0.05) is 25.3 Å². The molecule has 1 fully saturated rings. The third-order valence-corrected chi connectivity index (χ3v) is 3.05. The molecule has 6 nitrogen and oxygen atoms in total. The van der Waals surface area contributed by atoms with Crippen LogP contribution in [-0.4, -0.2) is 30.8 Å². The number of amides is 2. The van der Waals surface area contributed by atoms with Gasteiger partial charge in [0.1, 0.15) is 5.69 Å². The van der Waals surface area contributed by atoms with Crippen LogP contribution in [0.2, 0.25) is 0 Å². The number of hydrogen-bond donors (Lipinski definition) is 3. The molecule has 0 aromatic carbocycles. The van der Waals surface area contributed by atoms with Crippen molar-refractivity contribution >= 4 is 11.7 Å². The Hall–Kier alpha value is -2.03. The minimum atomic E-state index is -4.60. The highest BCUT2D eigenvalue weighted by Gasteiger charge is 2.31. The Labute approximate surface area is 117 Å². The number of anilines is 1. The van der Waals surface area contributed by atoms with E-state index in [1.54, 1.807) is 0 Å². The minimum absolute atomic E-state index is 0.176. The van der Waals surface area contributed by atoms with Gasteiger partial charge in [-0.15, -0.1) is 0 Å². The number of hydrogen-bond acceptors (Lipinski definition) is 3. The van der Waals surface area contributed by atoms with Gasteiger partial charge in [-0.2, -0.15) is 13.2 Å². The number of aromatic nitrogens is 1. The number of urea groups is 1. The van der Waals surface area contributed by atoms with Crippen molar-refractivity contribution in [2.75, 3.05) is 25.1 Å². The number of carbonyl (C=O) groups is 1. The average molecular weight is 305 g/mol. The van der Waals surface area contributed by atoms with Crippen LogP contribution in [0.1, 0.15) is 12.0 Å². The van der Waals surface area contributed by atoms with Crippen molar-refractivity contribution in [2.45, 2.75) is 12.6 Å². The molecule has 9 heteroatoms. The number of nitrogens with one attached hydrogen (secondary N) is 3. The summed E-state index contributed by atoms with van der Waals surface area (Å²) >= 11 is 0. The standard InChI is InChI=1S/C12H14F3N3O3/c13-12(14,15)8-3-9(10(19)16-5-8)18-11(20)17-4-7-1-2-21-6-7/h3,5,7H,1-2,4,6H2,(H,16,19)(H2,17,18,20). The molecule has 0 spiro atoms. The Kier molecular flexibility index (Phi) is 4.51. The van der Waals surface area contributed by atoms with Gasteiger partial charge in [-0.1, -0.05) is 0 Å². The third-order valence-electron chi connectivity index (χ3n) is 3.05. The maximum absolute atomic E-state index is 12.5. The quantitative estimate of drug-likeness (QED) is 0.792. The summed E-state index contributed by atoms with van der Waals surface area (Å²) in [7, 11) is 0. The number of halogens is 3. The molecule has 1 atom stereocenters. The van der Waals surface area contributed by atoms with Crippen LogP contribution in [0.15, 0.2) is 17.1 Å². The fraction of sp³-hybridized carbons (Fsp3) is 0.500. The molecule has 0 radical (unpaired) electrons. The summed E-state index contributed by atoms with van der Waals surface area (Å²) in [6, 6.07) is -0.136. The average Bonchev–Trinajstić information content (AvgIpc) is 2.91. The lowest BCUT2D eigenvalue weighted by Crippen LogP contribution is -2.35. The first-order valence-electron chi connectivity index (χ1n) is 6.29. The first-order chi connectivity index (χ1) is 9.86. The molecular weight excluding hydrogens is 291 g/mol.